The van der Waals surface area contributed by atoms with E-state index >= 15 is 0 Å². The summed E-state index contributed by atoms with van der Waals surface area (Å²) in [7, 11) is 0. The molecule has 8 nitrogen and oxygen atoms in total. The summed E-state index contributed by atoms with van der Waals surface area (Å²) in [6.45, 7) is 7.02. The summed E-state index contributed by atoms with van der Waals surface area (Å²) < 4.78 is 19.9. The summed E-state index contributed by atoms with van der Waals surface area (Å²) in [5.74, 6) is -0.681. The number of hydrogen-bond acceptors (Lipinski definition) is 6. The number of ether oxygens (including phenoxy) is 1. The third-order valence-corrected chi connectivity index (χ3v) is 4.43. The molecule has 0 aromatic heterocycles. The molecule has 2 heterocycles. The molecule has 3 rings (SSSR count). The van der Waals surface area contributed by atoms with Crippen LogP contribution in [0.5, 0.6) is 0 Å². The van der Waals surface area contributed by atoms with Crippen LogP contribution in [-0.2, 0) is 9.53 Å². The summed E-state index contributed by atoms with van der Waals surface area (Å²) in [4.78, 5) is 26.1. The first-order valence-electron chi connectivity index (χ1n) is 8.74. The van der Waals surface area contributed by atoms with Gasteiger partial charge in [0.1, 0.15) is 18.3 Å². The molecule has 1 fully saturated rings. The minimum Gasteiger partial charge on any atom is -0.442 e. The molecule has 0 aliphatic carbocycles. The zero-order chi connectivity index (χ0) is 20.3. The topological polar surface area (TPSA) is 77.5 Å². The molecule has 1 atom stereocenters. The van der Waals surface area contributed by atoms with Gasteiger partial charge in [0.25, 0.3) is 0 Å². The Hall–Kier alpha value is -2.81. The molecule has 0 radical (unpaired) electrons. The molecule has 0 saturated carbocycles. The van der Waals surface area contributed by atoms with E-state index in [9.17, 15) is 14.0 Å². The van der Waals surface area contributed by atoms with Crippen molar-refractivity contribution < 1.29 is 18.7 Å². The van der Waals surface area contributed by atoms with Crippen LogP contribution in [0.25, 0.3) is 0 Å². The second-order valence-electron chi connectivity index (χ2n) is 6.52. The predicted molar refractivity (Wildman–Crippen MR) is 105 cm³/mol. The number of rotatable bonds is 6. The minimum atomic E-state index is -0.570. The number of anilines is 2. The van der Waals surface area contributed by atoms with Crippen molar-refractivity contribution >= 4 is 41.3 Å². The normalized spacial score (nSPS) is 19.0. The molecule has 1 saturated heterocycles. The number of hydrogen-bond donors (Lipinski definition) is 1. The first kappa shape index (κ1) is 19.9. The van der Waals surface area contributed by atoms with E-state index < -0.39 is 18.0 Å². The van der Waals surface area contributed by atoms with Crippen molar-refractivity contribution in [3.63, 3.8) is 0 Å². The highest BCUT2D eigenvalue weighted by molar-refractivity contribution is 6.29. The summed E-state index contributed by atoms with van der Waals surface area (Å²) in [5, 5.41) is 9.06. The Bertz CT molecular complexity index is 818. The SMILES string of the molecule is C=C(Cl)CN1CCN(c2ccc(N3C[C@H](CNC(C)=O)OC3=O)cc2F)C=N1. The van der Waals surface area contributed by atoms with Crippen LogP contribution in [-0.4, -0.2) is 62.2 Å². The van der Waals surface area contributed by atoms with Gasteiger partial charge in [-0.05, 0) is 18.2 Å². The number of nitrogens with one attached hydrogen (secondary N) is 1. The van der Waals surface area contributed by atoms with Crippen LogP contribution >= 0.6 is 11.6 Å². The fraction of sp³-hybridized carbons (Fsp3) is 0.389. The van der Waals surface area contributed by atoms with Gasteiger partial charge in [-0.1, -0.05) is 18.2 Å². The summed E-state index contributed by atoms with van der Waals surface area (Å²) >= 11 is 5.78. The number of halogens is 2. The molecule has 28 heavy (non-hydrogen) atoms. The van der Waals surface area contributed by atoms with Gasteiger partial charge in [-0.2, -0.15) is 5.10 Å². The molecule has 2 amide bonds. The summed E-state index contributed by atoms with van der Waals surface area (Å²) in [5.41, 5.74) is 0.754. The number of benzene rings is 1. The van der Waals surface area contributed by atoms with Crippen LogP contribution in [0.15, 0.2) is 34.9 Å². The minimum absolute atomic E-state index is 0.206. The Kier molecular flexibility index (Phi) is 6.03. The Morgan fingerprint density at radius 2 is 2.25 bits per heavy atom. The van der Waals surface area contributed by atoms with Crippen LogP contribution < -0.4 is 15.1 Å². The molecular formula is C18H21ClFN5O3. The quantitative estimate of drug-likeness (QED) is 0.778. The Labute approximate surface area is 167 Å². The van der Waals surface area contributed by atoms with Crippen molar-refractivity contribution in [2.24, 2.45) is 5.10 Å². The van der Waals surface area contributed by atoms with Gasteiger partial charge in [0.05, 0.1) is 37.6 Å². The van der Waals surface area contributed by atoms with E-state index in [0.29, 0.717) is 36.0 Å². The molecule has 2 aliphatic heterocycles. The van der Waals surface area contributed by atoms with Gasteiger partial charge in [-0.25, -0.2) is 9.18 Å². The van der Waals surface area contributed by atoms with E-state index in [4.69, 9.17) is 16.3 Å². The van der Waals surface area contributed by atoms with Gasteiger partial charge in [-0.3, -0.25) is 14.7 Å². The molecule has 10 heteroatoms. The lowest BCUT2D eigenvalue weighted by Gasteiger charge is -2.30. The molecule has 0 spiro atoms. The number of carbonyl (C=O) groups excluding carboxylic acids is 2. The van der Waals surface area contributed by atoms with Gasteiger partial charge in [-0.15, -0.1) is 0 Å². The van der Waals surface area contributed by atoms with Crippen LogP contribution in [0.3, 0.4) is 0 Å². The third kappa shape index (κ3) is 4.72. The maximum absolute atomic E-state index is 14.7. The van der Waals surface area contributed by atoms with Crippen molar-refractivity contribution in [2.45, 2.75) is 13.0 Å². The zero-order valence-electron chi connectivity index (χ0n) is 15.4. The molecule has 0 bridgehead atoms. The number of nitrogens with zero attached hydrogens (tertiary/aromatic N) is 4. The van der Waals surface area contributed by atoms with Gasteiger partial charge in [0.15, 0.2) is 0 Å². The molecule has 0 unspecified atom stereocenters. The highest BCUT2D eigenvalue weighted by Gasteiger charge is 2.33. The number of cyclic esters (lactones) is 1. The second-order valence-corrected chi connectivity index (χ2v) is 7.05. The molecule has 150 valence electrons. The lowest BCUT2D eigenvalue weighted by atomic mass is 10.2. The van der Waals surface area contributed by atoms with Crippen LogP contribution in [0, 0.1) is 5.82 Å². The Balaban J connectivity index is 1.67. The highest BCUT2D eigenvalue weighted by atomic mass is 35.5. The maximum Gasteiger partial charge on any atom is 0.414 e. The van der Waals surface area contributed by atoms with E-state index in [2.05, 4.69) is 17.0 Å². The van der Waals surface area contributed by atoms with E-state index in [1.807, 2.05) is 0 Å². The fourth-order valence-electron chi connectivity index (χ4n) is 2.97. The van der Waals surface area contributed by atoms with Crippen molar-refractivity contribution in [1.82, 2.24) is 10.3 Å². The van der Waals surface area contributed by atoms with E-state index in [0.717, 1.165) is 0 Å². The molecular weight excluding hydrogens is 389 g/mol. The first-order chi connectivity index (χ1) is 13.3. The van der Waals surface area contributed by atoms with Crippen molar-refractivity contribution in [3.8, 4) is 0 Å². The molecule has 1 N–H and O–H groups in total. The Morgan fingerprint density at radius 1 is 1.46 bits per heavy atom. The van der Waals surface area contributed by atoms with Gasteiger partial charge < -0.3 is 15.0 Å². The first-order valence-corrected chi connectivity index (χ1v) is 9.12. The third-order valence-electron chi connectivity index (χ3n) is 4.31. The van der Waals surface area contributed by atoms with E-state index in [1.54, 1.807) is 22.0 Å². The van der Waals surface area contributed by atoms with Crippen LogP contribution in [0.2, 0.25) is 0 Å². The lowest BCUT2D eigenvalue weighted by molar-refractivity contribution is -0.119. The van der Waals surface area contributed by atoms with Crippen molar-refractivity contribution in [2.75, 3.05) is 42.5 Å². The monoisotopic (exact) mass is 409 g/mol. The number of carbonyl (C=O) groups is 2. The molecule has 2 aliphatic rings. The standard InChI is InChI=1S/C18H21ClFN5O3/c1-12(19)9-24-6-5-23(11-22-24)17-4-3-14(7-16(17)20)25-10-15(28-18(25)27)8-21-13(2)26/h3-4,7,11,15H,1,5-6,8-10H2,2H3,(H,21,26)/t15-/m0/s1. The van der Waals surface area contributed by atoms with Gasteiger partial charge in [0.2, 0.25) is 5.91 Å². The molecule has 1 aromatic rings. The van der Waals surface area contributed by atoms with E-state index in [-0.39, 0.29) is 19.0 Å². The highest BCUT2D eigenvalue weighted by Crippen LogP contribution is 2.28. The summed E-state index contributed by atoms with van der Waals surface area (Å²) in [6.07, 6.45) is 0.490. The maximum atomic E-state index is 14.7. The van der Waals surface area contributed by atoms with Crippen molar-refractivity contribution in [1.29, 1.82) is 0 Å². The van der Waals surface area contributed by atoms with Gasteiger partial charge in [0, 0.05) is 18.5 Å². The number of amides is 2. The number of hydrazone groups is 1. The summed E-state index contributed by atoms with van der Waals surface area (Å²) in [6, 6.07) is 4.54. The smallest absolute Gasteiger partial charge is 0.414 e. The largest absolute Gasteiger partial charge is 0.442 e. The van der Waals surface area contributed by atoms with Gasteiger partial charge >= 0.3 is 6.09 Å². The van der Waals surface area contributed by atoms with Crippen molar-refractivity contribution in [3.05, 3.63) is 35.6 Å². The van der Waals surface area contributed by atoms with E-state index in [1.165, 1.54) is 24.2 Å². The Morgan fingerprint density at radius 3 is 2.86 bits per heavy atom. The average molecular weight is 410 g/mol. The van der Waals surface area contributed by atoms with Crippen LogP contribution in [0.1, 0.15) is 6.92 Å². The lowest BCUT2D eigenvalue weighted by Crippen LogP contribution is -2.38. The zero-order valence-corrected chi connectivity index (χ0v) is 16.2. The second kappa shape index (κ2) is 8.47. The predicted octanol–water partition coefficient (Wildman–Crippen LogP) is 2.10. The average Bonchev–Trinajstić information content (AvgIpc) is 3.01. The molecule has 1 aromatic carbocycles. The fourth-order valence-corrected chi connectivity index (χ4v) is 3.11. The van der Waals surface area contributed by atoms with Crippen LogP contribution in [0.4, 0.5) is 20.6 Å².